The summed E-state index contributed by atoms with van der Waals surface area (Å²) in [5.41, 5.74) is 0.956. The SMILES string of the molecule is COc1ccc([N+](=O)[O-])cc1C(=O)N1CCN(c2ccc(CC=O)cc2F)CC1. The Labute approximate surface area is 166 Å². The van der Waals surface area contributed by atoms with Gasteiger partial charge < -0.3 is 19.3 Å². The smallest absolute Gasteiger partial charge is 0.270 e. The van der Waals surface area contributed by atoms with Crippen LogP contribution in [0.4, 0.5) is 15.8 Å². The molecule has 3 rings (SSSR count). The summed E-state index contributed by atoms with van der Waals surface area (Å²) in [7, 11) is 1.40. The zero-order valence-electron chi connectivity index (χ0n) is 15.8. The molecule has 1 aliphatic rings. The molecular formula is C20H20FN3O5. The first-order valence-electron chi connectivity index (χ1n) is 9.03. The lowest BCUT2D eigenvalue weighted by Crippen LogP contribution is -2.49. The number of nitro benzene ring substituents is 1. The average Bonchev–Trinajstić information content (AvgIpc) is 2.73. The fraction of sp³-hybridized carbons (Fsp3) is 0.300. The van der Waals surface area contributed by atoms with Crippen LogP contribution in [-0.4, -0.2) is 55.3 Å². The van der Waals surface area contributed by atoms with E-state index in [0.717, 1.165) is 6.29 Å². The fourth-order valence-corrected chi connectivity index (χ4v) is 3.33. The fourth-order valence-electron chi connectivity index (χ4n) is 3.33. The number of aldehydes is 1. The van der Waals surface area contributed by atoms with E-state index in [2.05, 4.69) is 0 Å². The first kappa shape index (κ1) is 20.2. The summed E-state index contributed by atoms with van der Waals surface area (Å²) in [5, 5.41) is 11.0. The summed E-state index contributed by atoms with van der Waals surface area (Å²) in [6, 6.07) is 8.57. The number of hydrogen-bond acceptors (Lipinski definition) is 6. The van der Waals surface area contributed by atoms with Gasteiger partial charge in [-0.05, 0) is 23.8 Å². The minimum Gasteiger partial charge on any atom is -0.496 e. The van der Waals surface area contributed by atoms with E-state index in [0.29, 0.717) is 37.4 Å². The number of benzene rings is 2. The van der Waals surface area contributed by atoms with Crippen LogP contribution in [-0.2, 0) is 11.2 Å². The van der Waals surface area contributed by atoms with Crippen LogP contribution >= 0.6 is 0 Å². The van der Waals surface area contributed by atoms with E-state index in [4.69, 9.17) is 4.74 Å². The highest BCUT2D eigenvalue weighted by atomic mass is 19.1. The van der Waals surface area contributed by atoms with Gasteiger partial charge in [0.2, 0.25) is 0 Å². The van der Waals surface area contributed by atoms with Crippen LogP contribution in [0.15, 0.2) is 36.4 Å². The number of carbonyl (C=O) groups excluding carboxylic acids is 2. The Hall–Kier alpha value is -3.49. The predicted molar refractivity (Wildman–Crippen MR) is 104 cm³/mol. The lowest BCUT2D eigenvalue weighted by molar-refractivity contribution is -0.384. The molecule has 1 saturated heterocycles. The van der Waals surface area contributed by atoms with Gasteiger partial charge in [-0.25, -0.2) is 4.39 Å². The maximum atomic E-state index is 14.4. The molecule has 1 amide bonds. The third kappa shape index (κ3) is 4.34. The molecule has 1 heterocycles. The molecule has 1 aliphatic heterocycles. The maximum absolute atomic E-state index is 14.4. The Morgan fingerprint density at radius 2 is 1.93 bits per heavy atom. The van der Waals surface area contributed by atoms with Crippen molar-refractivity contribution in [3.8, 4) is 5.75 Å². The zero-order valence-corrected chi connectivity index (χ0v) is 15.8. The first-order chi connectivity index (χ1) is 13.9. The minimum atomic E-state index is -0.564. The van der Waals surface area contributed by atoms with Gasteiger partial charge >= 0.3 is 0 Å². The molecule has 0 bridgehead atoms. The average molecular weight is 401 g/mol. The van der Waals surface area contributed by atoms with Gasteiger partial charge in [0.15, 0.2) is 0 Å². The summed E-state index contributed by atoms with van der Waals surface area (Å²) >= 11 is 0. The molecule has 29 heavy (non-hydrogen) atoms. The van der Waals surface area contributed by atoms with E-state index >= 15 is 0 Å². The van der Waals surface area contributed by atoms with E-state index < -0.39 is 10.7 Å². The molecule has 8 nitrogen and oxygen atoms in total. The number of nitrogens with zero attached hydrogens (tertiary/aromatic N) is 3. The van der Waals surface area contributed by atoms with Crippen LogP contribution in [0, 0.1) is 15.9 Å². The van der Waals surface area contributed by atoms with E-state index in [1.165, 1.54) is 31.4 Å². The quantitative estimate of drug-likeness (QED) is 0.419. The number of methoxy groups -OCH3 is 1. The number of amides is 1. The van der Waals surface area contributed by atoms with Crippen LogP contribution in [0.3, 0.4) is 0 Å². The second kappa shape index (κ2) is 8.68. The Bertz CT molecular complexity index is 942. The van der Waals surface area contributed by atoms with E-state index in [9.17, 15) is 24.1 Å². The number of nitro groups is 1. The normalized spacial score (nSPS) is 13.9. The minimum absolute atomic E-state index is 0.125. The second-order valence-electron chi connectivity index (χ2n) is 6.58. The largest absolute Gasteiger partial charge is 0.496 e. The molecule has 0 spiro atoms. The standard InChI is InChI=1S/C20H20FN3O5/c1-29-19-5-3-15(24(27)28)13-16(19)20(26)23-9-7-22(8-10-23)18-4-2-14(6-11-25)12-17(18)21/h2-5,11-13H,6-10H2,1H3. The molecule has 0 N–H and O–H groups in total. The summed E-state index contributed by atoms with van der Waals surface area (Å²) < 4.78 is 19.6. The van der Waals surface area contributed by atoms with Crippen LogP contribution < -0.4 is 9.64 Å². The van der Waals surface area contributed by atoms with E-state index in [-0.39, 0.29) is 29.3 Å². The molecule has 1 fully saturated rings. The number of halogens is 1. The Kier molecular flexibility index (Phi) is 6.06. The van der Waals surface area contributed by atoms with Gasteiger partial charge in [0.1, 0.15) is 17.9 Å². The van der Waals surface area contributed by atoms with Gasteiger partial charge in [-0.1, -0.05) is 6.07 Å². The molecule has 0 atom stereocenters. The molecule has 0 unspecified atom stereocenters. The van der Waals surface area contributed by atoms with Crippen LogP contribution in [0.5, 0.6) is 5.75 Å². The van der Waals surface area contributed by atoms with Crippen molar-refractivity contribution in [2.24, 2.45) is 0 Å². The summed E-state index contributed by atoms with van der Waals surface area (Å²) in [6.07, 6.45) is 0.881. The van der Waals surface area contributed by atoms with E-state index in [1.54, 1.807) is 17.0 Å². The summed E-state index contributed by atoms with van der Waals surface area (Å²) in [6.45, 7) is 1.49. The first-order valence-corrected chi connectivity index (χ1v) is 9.03. The molecule has 0 aliphatic carbocycles. The van der Waals surface area contributed by atoms with Gasteiger partial charge in [0.25, 0.3) is 11.6 Å². The lowest BCUT2D eigenvalue weighted by Gasteiger charge is -2.36. The highest BCUT2D eigenvalue weighted by Crippen LogP contribution is 2.27. The van der Waals surface area contributed by atoms with Crippen molar-refractivity contribution in [3.63, 3.8) is 0 Å². The molecule has 9 heteroatoms. The molecule has 0 saturated carbocycles. The Balaban J connectivity index is 1.72. The van der Waals surface area contributed by atoms with Crippen molar-refractivity contribution in [1.82, 2.24) is 4.90 Å². The van der Waals surface area contributed by atoms with Crippen molar-refractivity contribution in [1.29, 1.82) is 0 Å². The monoisotopic (exact) mass is 401 g/mol. The van der Waals surface area contributed by atoms with Gasteiger partial charge in [-0.3, -0.25) is 14.9 Å². The second-order valence-corrected chi connectivity index (χ2v) is 6.58. The third-order valence-corrected chi connectivity index (χ3v) is 4.86. The number of anilines is 1. The van der Waals surface area contributed by atoms with Crippen molar-refractivity contribution in [2.75, 3.05) is 38.2 Å². The number of ether oxygens (including phenoxy) is 1. The van der Waals surface area contributed by atoms with Crippen molar-refractivity contribution in [2.45, 2.75) is 6.42 Å². The van der Waals surface area contributed by atoms with Crippen LogP contribution in [0.1, 0.15) is 15.9 Å². The lowest BCUT2D eigenvalue weighted by atomic mass is 10.1. The highest BCUT2D eigenvalue weighted by Gasteiger charge is 2.27. The molecule has 0 radical (unpaired) electrons. The molecular weight excluding hydrogens is 381 g/mol. The van der Waals surface area contributed by atoms with Crippen LogP contribution in [0.25, 0.3) is 0 Å². The third-order valence-electron chi connectivity index (χ3n) is 4.86. The predicted octanol–water partition coefficient (Wildman–Crippen LogP) is 2.45. The molecule has 2 aromatic rings. The topological polar surface area (TPSA) is 93.0 Å². The highest BCUT2D eigenvalue weighted by molar-refractivity contribution is 5.97. The van der Waals surface area contributed by atoms with Gasteiger partial charge in [-0.15, -0.1) is 0 Å². The van der Waals surface area contributed by atoms with E-state index in [1.807, 2.05) is 4.90 Å². The molecule has 152 valence electrons. The van der Waals surface area contributed by atoms with Gasteiger partial charge in [0, 0.05) is 44.7 Å². The number of hydrogen-bond donors (Lipinski definition) is 0. The maximum Gasteiger partial charge on any atom is 0.270 e. The Morgan fingerprint density at radius 3 is 2.52 bits per heavy atom. The van der Waals surface area contributed by atoms with Crippen molar-refractivity contribution in [3.05, 3.63) is 63.5 Å². The summed E-state index contributed by atoms with van der Waals surface area (Å²) in [4.78, 5) is 37.3. The zero-order chi connectivity index (χ0) is 21.0. The molecule has 2 aromatic carbocycles. The molecule has 0 aromatic heterocycles. The number of carbonyl (C=O) groups is 2. The van der Waals surface area contributed by atoms with Crippen molar-refractivity contribution < 1.29 is 23.6 Å². The number of non-ortho nitro benzene ring substituents is 1. The van der Waals surface area contributed by atoms with Gasteiger partial charge in [0.05, 0.1) is 23.3 Å². The van der Waals surface area contributed by atoms with Gasteiger partial charge in [-0.2, -0.15) is 0 Å². The Morgan fingerprint density at radius 1 is 1.21 bits per heavy atom. The number of rotatable bonds is 6. The van der Waals surface area contributed by atoms with Crippen LogP contribution in [0.2, 0.25) is 0 Å². The summed E-state index contributed by atoms with van der Waals surface area (Å²) in [5.74, 6) is -0.517. The number of piperazine rings is 1. The van der Waals surface area contributed by atoms with Crippen molar-refractivity contribution >= 4 is 23.6 Å².